The van der Waals surface area contributed by atoms with Gasteiger partial charge in [-0.2, -0.15) is 0 Å². The fourth-order valence-electron chi connectivity index (χ4n) is 2.06. The monoisotopic (exact) mass is 300 g/mol. The van der Waals surface area contributed by atoms with E-state index in [1.165, 1.54) is 13.2 Å². The van der Waals surface area contributed by atoms with Crippen LogP contribution in [0.1, 0.15) is 22.0 Å². The Morgan fingerprint density at radius 1 is 1.14 bits per heavy atom. The molecule has 1 unspecified atom stereocenters. The lowest BCUT2D eigenvalue weighted by Crippen LogP contribution is -2.23. The van der Waals surface area contributed by atoms with Crippen LogP contribution in [0.2, 0.25) is 0 Å². The molecule has 0 saturated heterocycles. The van der Waals surface area contributed by atoms with Gasteiger partial charge < -0.3 is 20.9 Å². The van der Waals surface area contributed by atoms with E-state index < -0.39 is 17.9 Å². The Morgan fingerprint density at radius 3 is 2.32 bits per heavy atom. The van der Waals surface area contributed by atoms with Gasteiger partial charge in [-0.05, 0) is 29.8 Å². The predicted molar refractivity (Wildman–Crippen MR) is 82.0 cm³/mol. The van der Waals surface area contributed by atoms with E-state index in [0.717, 1.165) is 0 Å². The van der Waals surface area contributed by atoms with Crippen molar-refractivity contribution in [2.45, 2.75) is 6.04 Å². The van der Waals surface area contributed by atoms with Crippen LogP contribution in [0.25, 0.3) is 0 Å². The summed E-state index contributed by atoms with van der Waals surface area (Å²) in [5.41, 5.74) is 6.45. The number of para-hydroxylation sites is 1. The number of rotatable bonds is 6. The van der Waals surface area contributed by atoms with E-state index in [9.17, 15) is 14.7 Å². The number of amides is 1. The second-order valence-electron chi connectivity index (χ2n) is 4.60. The van der Waals surface area contributed by atoms with Crippen LogP contribution in [0.4, 0.5) is 5.69 Å². The van der Waals surface area contributed by atoms with Gasteiger partial charge in [-0.1, -0.05) is 24.3 Å². The van der Waals surface area contributed by atoms with Crippen molar-refractivity contribution in [3.8, 4) is 5.75 Å². The van der Waals surface area contributed by atoms with E-state index in [1.807, 2.05) is 0 Å². The third-order valence-corrected chi connectivity index (χ3v) is 3.19. The molecule has 0 spiro atoms. The van der Waals surface area contributed by atoms with Crippen LogP contribution < -0.4 is 15.8 Å². The largest absolute Gasteiger partial charge is 0.497 e. The lowest BCUT2D eigenvalue weighted by molar-refractivity contribution is -0.138. The minimum Gasteiger partial charge on any atom is -0.497 e. The van der Waals surface area contributed by atoms with Crippen LogP contribution in [-0.2, 0) is 4.79 Å². The van der Waals surface area contributed by atoms with E-state index in [-0.39, 0.29) is 5.56 Å². The maximum atomic E-state index is 11.5. The number of carboxylic acids is 1. The van der Waals surface area contributed by atoms with Crippen LogP contribution in [0.5, 0.6) is 5.75 Å². The summed E-state index contributed by atoms with van der Waals surface area (Å²) < 4.78 is 5.05. The third-order valence-electron chi connectivity index (χ3n) is 3.19. The molecule has 0 aliphatic rings. The second-order valence-corrected chi connectivity index (χ2v) is 4.60. The van der Waals surface area contributed by atoms with Gasteiger partial charge in [-0.15, -0.1) is 0 Å². The molecule has 2 aromatic rings. The predicted octanol–water partition coefficient (Wildman–Crippen LogP) is 2.03. The number of anilines is 1. The first kappa shape index (κ1) is 15.4. The Labute approximate surface area is 127 Å². The maximum Gasteiger partial charge on any atom is 0.330 e. The minimum atomic E-state index is -1.07. The summed E-state index contributed by atoms with van der Waals surface area (Å²) in [5.74, 6) is -1.06. The van der Waals surface area contributed by atoms with E-state index in [0.29, 0.717) is 17.0 Å². The van der Waals surface area contributed by atoms with Gasteiger partial charge in [0.25, 0.3) is 5.91 Å². The number of nitrogens with one attached hydrogen (secondary N) is 1. The van der Waals surface area contributed by atoms with Crippen LogP contribution in [0.3, 0.4) is 0 Å². The average molecular weight is 300 g/mol. The Morgan fingerprint density at radius 2 is 1.77 bits per heavy atom. The molecule has 6 heteroatoms. The van der Waals surface area contributed by atoms with E-state index in [4.69, 9.17) is 10.5 Å². The molecule has 2 rings (SSSR count). The molecule has 6 nitrogen and oxygen atoms in total. The topological polar surface area (TPSA) is 102 Å². The SMILES string of the molecule is COc1ccc(C(Nc2ccccc2C(N)=O)C(=O)O)cc1. The molecule has 0 aliphatic heterocycles. The molecular weight excluding hydrogens is 284 g/mol. The number of carbonyl (C=O) groups excluding carboxylic acids is 1. The van der Waals surface area contributed by atoms with Crippen LogP contribution >= 0.6 is 0 Å². The van der Waals surface area contributed by atoms with Gasteiger partial charge in [0.05, 0.1) is 12.7 Å². The lowest BCUT2D eigenvalue weighted by atomic mass is 10.1. The zero-order valence-electron chi connectivity index (χ0n) is 11.9. The van der Waals surface area contributed by atoms with Crippen LogP contribution in [0.15, 0.2) is 48.5 Å². The van der Waals surface area contributed by atoms with Gasteiger partial charge >= 0.3 is 5.97 Å². The number of hydrogen-bond acceptors (Lipinski definition) is 4. The Bertz CT molecular complexity index is 683. The lowest BCUT2D eigenvalue weighted by Gasteiger charge is -2.18. The molecule has 22 heavy (non-hydrogen) atoms. The number of nitrogens with two attached hydrogens (primary N) is 1. The quantitative estimate of drug-likeness (QED) is 0.757. The summed E-state index contributed by atoms with van der Waals surface area (Å²) >= 11 is 0. The van der Waals surface area contributed by atoms with Gasteiger partial charge in [-0.25, -0.2) is 4.79 Å². The molecule has 0 heterocycles. The van der Waals surface area contributed by atoms with Crippen LogP contribution in [-0.4, -0.2) is 24.1 Å². The Hall–Kier alpha value is -3.02. The average Bonchev–Trinajstić information content (AvgIpc) is 2.52. The van der Waals surface area contributed by atoms with Crippen LogP contribution in [0, 0.1) is 0 Å². The van der Waals surface area contributed by atoms with Gasteiger partial charge in [0.2, 0.25) is 0 Å². The number of aliphatic carboxylic acids is 1. The second kappa shape index (κ2) is 6.62. The van der Waals surface area contributed by atoms with Crippen molar-refractivity contribution in [3.05, 3.63) is 59.7 Å². The van der Waals surface area contributed by atoms with Crippen molar-refractivity contribution >= 4 is 17.6 Å². The van der Waals surface area contributed by atoms with Crippen molar-refractivity contribution in [2.75, 3.05) is 12.4 Å². The molecule has 0 aliphatic carbocycles. The van der Waals surface area contributed by atoms with Crippen molar-refractivity contribution in [2.24, 2.45) is 5.73 Å². The highest BCUT2D eigenvalue weighted by Crippen LogP contribution is 2.24. The van der Waals surface area contributed by atoms with Crippen molar-refractivity contribution in [1.82, 2.24) is 0 Å². The Kier molecular flexibility index (Phi) is 4.63. The molecule has 0 bridgehead atoms. The van der Waals surface area contributed by atoms with E-state index in [2.05, 4.69) is 5.32 Å². The zero-order valence-corrected chi connectivity index (χ0v) is 11.9. The normalized spacial score (nSPS) is 11.5. The summed E-state index contributed by atoms with van der Waals surface area (Å²) in [6.45, 7) is 0. The minimum absolute atomic E-state index is 0.238. The molecule has 2 aromatic carbocycles. The summed E-state index contributed by atoms with van der Waals surface area (Å²) in [7, 11) is 1.53. The molecule has 0 saturated carbocycles. The number of hydrogen-bond donors (Lipinski definition) is 3. The summed E-state index contributed by atoms with van der Waals surface area (Å²) in [6.07, 6.45) is 0. The number of carboxylic acid groups (broad SMARTS) is 1. The van der Waals surface area contributed by atoms with E-state index in [1.54, 1.807) is 42.5 Å². The fourth-order valence-corrected chi connectivity index (χ4v) is 2.06. The Balaban J connectivity index is 2.33. The molecule has 1 amide bonds. The van der Waals surface area contributed by atoms with Crippen molar-refractivity contribution in [3.63, 3.8) is 0 Å². The number of methoxy groups -OCH3 is 1. The van der Waals surface area contributed by atoms with Gasteiger partial charge in [0.1, 0.15) is 5.75 Å². The number of benzene rings is 2. The van der Waals surface area contributed by atoms with E-state index >= 15 is 0 Å². The molecule has 0 fully saturated rings. The number of ether oxygens (including phenoxy) is 1. The van der Waals surface area contributed by atoms with Gasteiger partial charge in [-0.3, -0.25) is 4.79 Å². The highest BCUT2D eigenvalue weighted by atomic mass is 16.5. The summed E-state index contributed by atoms with van der Waals surface area (Å²) in [6, 6.07) is 12.1. The van der Waals surface area contributed by atoms with Gasteiger partial charge in [0, 0.05) is 5.69 Å². The molecule has 114 valence electrons. The first-order valence-corrected chi connectivity index (χ1v) is 6.55. The zero-order chi connectivity index (χ0) is 16.1. The fraction of sp³-hybridized carbons (Fsp3) is 0.125. The number of carbonyl (C=O) groups is 2. The first-order chi connectivity index (χ1) is 10.5. The standard InChI is InChI=1S/C16H16N2O4/c1-22-11-8-6-10(7-9-11)14(16(20)21)18-13-5-3-2-4-12(13)15(17)19/h2-9,14,18H,1H3,(H2,17,19)(H,20,21). The van der Waals surface area contributed by atoms with Gasteiger partial charge in [0.15, 0.2) is 6.04 Å². The molecular formula is C16H16N2O4. The molecule has 0 radical (unpaired) electrons. The maximum absolute atomic E-state index is 11.5. The smallest absolute Gasteiger partial charge is 0.330 e. The third kappa shape index (κ3) is 3.35. The molecule has 0 aromatic heterocycles. The number of primary amides is 1. The highest BCUT2D eigenvalue weighted by molar-refractivity contribution is 5.99. The first-order valence-electron chi connectivity index (χ1n) is 6.55. The molecule has 4 N–H and O–H groups in total. The highest BCUT2D eigenvalue weighted by Gasteiger charge is 2.21. The van der Waals surface area contributed by atoms with Crippen molar-refractivity contribution in [1.29, 1.82) is 0 Å². The summed E-state index contributed by atoms with van der Waals surface area (Å²) in [4.78, 5) is 22.9. The molecule has 1 atom stereocenters. The summed E-state index contributed by atoms with van der Waals surface area (Å²) in [5, 5.41) is 12.3. The van der Waals surface area contributed by atoms with Crippen molar-refractivity contribution < 1.29 is 19.4 Å².